The molecule has 0 spiro atoms. The predicted molar refractivity (Wildman–Crippen MR) is 136 cm³/mol. The fraction of sp³-hybridized carbons (Fsp3) is 0.708. The van der Waals surface area contributed by atoms with Crippen molar-refractivity contribution in [2.75, 3.05) is 32.1 Å². The number of ether oxygens (including phenoxy) is 2. The second kappa shape index (κ2) is 11.5. The van der Waals surface area contributed by atoms with Crippen molar-refractivity contribution < 1.29 is 19.1 Å². The highest BCUT2D eigenvalue weighted by Gasteiger charge is 2.34. The van der Waals surface area contributed by atoms with Crippen LogP contribution in [-0.4, -0.2) is 55.4 Å². The molecule has 0 bridgehead atoms. The average Bonchev–Trinajstić information content (AvgIpc) is 3.21. The maximum atomic E-state index is 13.6. The molecule has 0 radical (unpaired) electrons. The number of anilines is 1. The summed E-state index contributed by atoms with van der Waals surface area (Å²) in [5, 5.41) is 4.53. The van der Waals surface area contributed by atoms with Crippen molar-refractivity contribution in [2.45, 2.75) is 71.3 Å². The molecule has 1 aromatic heterocycles. The highest BCUT2D eigenvalue weighted by Crippen LogP contribution is 2.45. The number of methoxy groups -OCH3 is 1. The molecule has 3 rings (SSSR count). The van der Waals surface area contributed by atoms with Crippen molar-refractivity contribution in [3.8, 4) is 5.75 Å². The van der Waals surface area contributed by atoms with Gasteiger partial charge in [-0.1, -0.05) is 6.92 Å². The van der Waals surface area contributed by atoms with E-state index in [1.807, 2.05) is 31.9 Å². The van der Waals surface area contributed by atoms with Crippen molar-refractivity contribution in [3.63, 3.8) is 0 Å². The molecule has 2 aliphatic rings. The van der Waals surface area contributed by atoms with E-state index >= 15 is 0 Å². The topological polar surface area (TPSA) is 71.1 Å². The second-order valence-corrected chi connectivity index (χ2v) is 10.9. The highest BCUT2D eigenvalue weighted by atomic mass is 32.1. The summed E-state index contributed by atoms with van der Waals surface area (Å²) in [6, 6.07) is 1.89. The SMILES string of the molecule is CNC(=S)N1CCC(c2cc(OC(=O)OC)c(N(C(=O)[C@H]3CC[C@H](C)CC3)C(C)C)s2)CC1. The van der Waals surface area contributed by atoms with Crippen LogP contribution in [0.1, 0.15) is 70.1 Å². The molecule has 33 heavy (non-hydrogen) atoms. The molecular formula is C24H37N3O4S2. The molecule has 7 nitrogen and oxygen atoms in total. The summed E-state index contributed by atoms with van der Waals surface area (Å²) in [4.78, 5) is 30.8. The summed E-state index contributed by atoms with van der Waals surface area (Å²) in [5.74, 6) is 1.58. The lowest BCUT2D eigenvalue weighted by Gasteiger charge is -2.33. The Kier molecular flexibility index (Phi) is 8.98. The minimum absolute atomic E-state index is 0.0194. The van der Waals surface area contributed by atoms with Crippen molar-refractivity contribution in [3.05, 3.63) is 10.9 Å². The predicted octanol–water partition coefficient (Wildman–Crippen LogP) is 5.14. The zero-order chi connectivity index (χ0) is 24.1. The molecule has 9 heteroatoms. The lowest BCUT2D eigenvalue weighted by molar-refractivity contribution is -0.123. The number of carbonyl (C=O) groups excluding carboxylic acids is 2. The summed E-state index contributed by atoms with van der Waals surface area (Å²) >= 11 is 6.95. The smallest absolute Gasteiger partial charge is 0.437 e. The molecule has 1 saturated heterocycles. The Balaban J connectivity index is 1.86. The molecule has 1 saturated carbocycles. The first kappa shape index (κ1) is 25.7. The van der Waals surface area contributed by atoms with E-state index in [1.54, 1.807) is 11.3 Å². The van der Waals surface area contributed by atoms with E-state index in [-0.39, 0.29) is 17.9 Å². The second-order valence-electron chi connectivity index (χ2n) is 9.45. The van der Waals surface area contributed by atoms with Crippen molar-refractivity contribution in [1.29, 1.82) is 0 Å². The first-order valence-corrected chi connectivity index (χ1v) is 13.2. The summed E-state index contributed by atoms with van der Waals surface area (Å²) < 4.78 is 10.3. The van der Waals surface area contributed by atoms with Gasteiger partial charge in [-0.2, -0.15) is 0 Å². The van der Waals surface area contributed by atoms with Gasteiger partial charge in [0, 0.05) is 37.0 Å². The van der Waals surface area contributed by atoms with Gasteiger partial charge in [-0.25, -0.2) is 4.79 Å². The van der Waals surface area contributed by atoms with Crippen LogP contribution in [0.3, 0.4) is 0 Å². The largest absolute Gasteiger partial charge is 0.513 e. The molecule has 1 amide bonds. The third kappa shape index (κ3) is 6.18. The van der Waals surface area contributed by atoms with E-state index in [2.05, 4.69) is 17.1 Å². The zero-order valence-corrected chi connectivity index (χ0v) is 22.0. The molecule has 1 aliphatic carbocycles. The molecule has 1 aromatic rings. The first-order chi connectivity index (χ1) is 15.7. The van der Waals surface area contributed by atoms with Crippen LogP contribution in [0.4, 0.5) is 9.80 Å². The molecule has 1 N–H and O–H groups in total. The van der Waals surface area contributed by atoms with E-state index in [1.165, 1.54) is 7.11 Å². The molecule has 2 fully saturated rings. The van der Waals surface area contributed by atoms with Crippen molar-refractivity contribution >= 4 is 45.7 Å². The number of hydrogen-bond donors (Lipinski definition) is 1. The Hall–Kier alpha value is -1.87. The Labute approximate surface area is 206 Å². The number of thiophene rings is 1. The monoisotopic (exact) mass is 495 g/mol. The molecule has 0 unspecified atom stereocenters. The lowest BCUT2D eigenvalue weighted by atomic mass is 9.82. The number of amides is 1. The molecule has 1 aliphatic heterocycles. The quantitative estimate of drug-likeness (QED) is 0.448. The fourth-order valence-corrected chi connectivity index (χ4v) is 6.35. The Morgan fingerprint density at radius 2 is 1.82 bits per heavy atom. The summed E-state index contributed by atoms with van der Waals surface area (Å²) in [6.45, 7) is 8.03. The van der Waals surface area contributed by atoms with Gasteiger partial charge in [-0.15, -0.1) is 11.3 Å². The minimum atomic E-state index is -0.766. The van der Waals surface area contributed by atoms with Crippen LogP contribution in [0.5, 0.6) is 5.75 Å². The lowest BCUT2D eigenvalue weighted by Crippen LogP contribution is -2.42. The Bertz CT molecular complexity index is 841. The number of likely N-dealkylation sites (tertiary alicyclic amines) is 1. The molecule has 2 heterocycles. The third-order valence-corrected chi connectivity index (χ3v) is 8.54. The van der Waals surface area contributed by atoms with E-state index in [4.69, 9.17) is 21.7 Å². The van der Waals surface area contributed by atoms with Gasteiger partial charge in [0.2, 0.25) is 5.91 Å². The standard InChI is InChI=1S/C24H37N3O4S2/c1-15(2)27(21(28)18-8-6-16(3)7-9-18)22-19(31-24(29)30-5)14-20(33-22)17-10-12-26(13-11-17)23(32)25-4/h14-18H,6-13H2,1-5H3,(H,25,32)/t16-,18-. The van der Waals surface area contributed by atoms with Crippen LogP contribution in [0.25, 0.3) is 0 Å². The normalized spacial score (nSPS) is 21.6. The van der Waals surface area contributed by atoms with Gasteiger partial charge < -0.3 is 19.7 Å². The number of rotatable bonds is 5. The number of nitrogens with zero attached hydrogens (tertiary/aromatic N) is 2. The number of piperidine rings is 1. The van der Waals surface area contributed by atoms with Crippen LogP contribution < -0.4 is 15.0 Å². The van der Waals surface area contributed by atoms with Gasteiger partial charge in [0.05, 0.1) is 7.11 Å². The van der Waals surface area contributed by atoms with Gasteiger partial charge in [0.1, 0.15) is 5.00 Å². The van der Waals surface area contributed by atoms with Crippen LogP contribution in [0.2, 0.25) is 0 Å². The zero-order valence-electron chi connectivity index (χ0n) is 20.4. The summed E-state index contributed by atoms with van der Waals surface area (Å²) in [5.41, 5.74) is 0. The van der Waals surface area contributed by atoms with Gasteiger partial charge in [0.25, 0.3) is 0 Å². The molecular weight excluding hydrogens is 458 g/mol. The van der Waals surface area contributed by atoms with E-state index in [9.17, 15) is 9.59 Å². The van der Waals surface area contributed by atoms with Crippen LogP contribution in [0.15, 0.2) is 6.07 Å². The molecule has 0 aromatic carbocycles. The van der Waals surface area contributed by atoms with E-state index < -0.39 is 6.16 Å². The number of hydrogen-bond acceptors (Lipinski definition) is 6. The third-order valence-electron chi connectivity index (χ3n) is 6.79. The minimum Gasteiger partial charge on any atom is -0.437 e. The number of carbonyl (C=O) groups is 2. The highest BCUT2D eigenvalue weighted by molar-refractivity contribution is 7.80. The van der Waals surface area contributed by atoms with Gasteiger partial charge in [0.15, 0.2) is 10.9 Å². The molecule has 184 valence electrons. The Morgan fingerprint density at radius 1 is 1.18 bits per heavy atom. The van der Waals surface area contributed by atoms with Crippen LogP contribution in [-0.2, 0) is 9.53 Å². The average molecular weight is 496 g/mol. The van der Waals surface area contributed by atoms with Crippen LogP contribution in [0, 0.1) is 11.8 Å². The first-order valence-electron chi connectivity index (χ1n) is 11.9. The summed E-state index contributed by atoms with van der Waals surface area (Å²) in [6.07, 6.45) is 5.13. The van der Waals surface area contributed by atoms with Crippen molar-refractivity contribution in [2.24, 2.45) is 11.8 Å². The maximum absolute atomic E-state index is 13.6. The van der Waals surface area contributed by atoms with E-state index in [0.29, 0.717) is 22.6 Å². The number of nitrogens with one attached hydrogen (secondary N) is 1. The molecule has 0 atom stereocenters. The van der Waals surface area contributed by atoms with Crippen molar-refractivity contribution in [1.82, 2.24) is 10.2 Å². The Morgan fingerprint density at radius 3 is 2.36 bits per heavy atom. The summed E-state index contributed by atoms with van der Waals surface area (Å²) in [7, 11) is 3.14. The van der Waals surface area contributed by atoms with Crippen LogP contribution >= 0.6 is 23.6 Å². The number of thiocarbonyl (C=S) groups is 1. The maximum Gasteiger partial charge on any atom is 0.513 e. The van der Waals surface area contributed by atoms with Gasteiger partial charge >= 0.3 is 6.16 Å². The fourth-order valence-electron chi connectivity index (χ4n) is 4.77. The van der Waals surface area contributed by atoms with Gasteiger partial charge in [-0.3, -0.25) is 9.69 Å². The van der Waals surface area contributed by atoms with Gasteiger partial charge in [-0.05, 0) is 82.5 Å². The van der Waals surface area contributed by atoms with E-state index in [0.717, 1.165) is 61.6 Å².